The molecule has 2 N–H and O–H groups in total. The number of para-hydroxylation sites is 1. The van der Waals surface area contributed by atoms with E-state index >= 15 is 8.78 Å². The van der Waals surface area contributed by atoms with Crippen molar-refractivity contribution in [3.8, 4) is 39.7 Å². The number of carbonyl (C=O) groups excluding carboxylic acids is 1. The van der Waals surface area contributed by atoms with Crippen LogP contribution in [0.2, 0.25) is 0 Å². The fourth-order valence-corrected chi connectivity index (χ4v) is 4.28. The zero-order valence-electron chi connectivity index (χ0n) is 22.2. The molecule has 208 valence electrons. The van der Waals surface area contributed by atoms with Gasteiger partial charge in [0, 0.05) is 42.7 Å². The number of aryl methyl sites for hydroxylation is 1. The van der Waals surface area contributed by atoms with Gasteiger partial charge in [-0.1, -0.05) is 48.5 Å². The lowest BCUT2D eigenvalue weighted by Crippen LogP contribution is -2.22. The smallest absolute Gasteiger partial charge is 0.324 e. The number of urea groups is 1. The van der Waals surface area contributed by atoms with Crippen molar-refractivity contribution in [1.29, 1.82) is 0 Å². The van der Waals surface area contributed by atoms with Gasteiger partial charge in [0.15, 0.2) is 11.6 Å². The third-order valence-electron chi connectivity index (χ3n) is 6.28. The number of pyridine rings is 1. The Hall–Kier alpha value is -5.84. The molecular formula is C31H23F2N7O2. The Morgan fingerprint density at radius 2 is 1.60 bits per heavy atom. The Morgan fingerprint density at radius 3 is 2.33 bits per heavy atom. The molecular weight excluding hydrogens is 540 g/mol. The van der Waals surface area contributed by atoms with Gasteiger partial charge in [0.25, 0.3) is 0 Å². The van der Waals surface area contributed by atoms with E-state index in [4.69, 9.17) is 4.74 Å². The molecule has 0 aliphatic carbocycles. The second-order valence-corrected chi connectivity index (χ2v) is 9.23. The summed E-state index contributed by atoms with van der Waals surface area (Å²) in [7, 11) is 1.78. The number of hydrogen-bond donors (Lipinski definition) is 2. The average Bonchev–Trinajstić information content (AvgIpc) is 3.64. The van der Waals surface area contributed by atoms with Crippen LogP contribution in [0.15, 0.2) is 110 Å². The molecule has 3 aromatic heterocycles. The van der Waals surface area contributed by atoms with E-state index in [9.17, 15) is 4.79 Å². The van der Waals surface area contributed by atoms with E-state index in [1.54, 1.807) is 40.9 Å². The zero-order valence-corrected chi connectivity index (χ0v) is 22.2. The summed E-state index contributed by atoms with van der Waals surface area (Å²) >= 11 is 0. The van der Waals surface area contributed by atoms with E-state index in [0.717, 1.165) is 11.1 Å². The van der Waals surface area contributed by atoms with Crippen LogP contribution < -0.4 is 15.4 Å². The number of nitrogens with one attached hydrogen (secondary N) is 2. The van der Waals surface area contributed by atoms with Crippen molar-refractivity contribution in [2.45, 2.75) is 0 Å². The minimum atomic E-state index is -1.27. The van der Waals surface area contributed by atoms with E-state index < -0.39 is 17.7 Å². The molecule has 0 aliphatic heterocycles. The van der Waals surface area contributed by atoms with Gasteiger partial charge in [-0.25, -0.2) is 13.9 Å². The molecule has 0 spiro atoms. The molecule has 6 rings (SSSR count). The van der Waals surface area contributed by atoms with Gasteiger partial charge in [0.1, 0.15) is 11.6 Å². The number of ether oxygens (including phenoxy) is 1. The Balaban J connectivity index is 1.21. The fourth-order valence-electron chi connectivity index (χ4n) is 4.28. The SMILES string of the molecule is Cn1cc(-c2cc(Oc3ccc(NC(=O)Nc4cc(-c5ccccc5)nn4-c4ccccc4)c(F)c3F)ccn2)cn1. The molecule has 0 saturated carbocycles. The second kappa shape index (κ2) is 11.3. The molecule has 0 bridgehead atoms. The summed E-state index contributed by atoms with van der Waals surface area (Å²) in [5.41, 5.74) is 3.11. The van der Waals surface area contributed by atoms with Crippen molar-refractivity contribution in [2.24, 2.45) is 7.05 Å². The number of anilines is 2. The topological polar surface area (TPSA) is 98.9 Å². The van der Waals surface area contributed by atoms with Gasteiger partial charge in [0.2, 0.25) is 5.82 Å². The highest BCUT2D eigenvalue weighted by Crippen LogP contribution is 2.31. The molecule has 0 saturated heterocycles. The highest BCUT2D eigenvalue weighted by molar-refractivity contribution is 5.99. The van der Waals surface area contributed by atoms with Gasteiger partial charge in [-0.15, -0.1) is 0 Å². The summed E-state index contributed by atoms with van der Waals surface area (Å²) in [6, 6.07) is 25.2. The number of halogens is 2. The van der Waals surface area contributed by atoms with Crippen molar-refractivity contribution >= 4 is 17.5 Å². The molecule has 0 radical (unpaired) electrons. The van der Waals surface area contributed by atoms with Crippen LogP contribution >= 0.6 is 0 Å². The highest BCUT2D eigenvalue weighted by atomic mass is 19.2. The highest BCUT2D eigenvalue weighted by Gasteiger charge is 2.19. The first kappa shape index (κ1) is 26.4. The summed E-state index contributed by atoms with van der Waals surface area (Å²) in [4.78, 5) is 17.2. The lowest BCUT2D eigenvalue weighted by atomic mass is 10.2. The molecule has 3 heterocycles. The first-order valence-electron chi connectivity index (χ1n) is 12.8. The monoisotopic (exact) mass is 563 g/mol. The third kappa shape index (κ3) is 5.56. The van der Waals surface area contributed by atoms with E-state index in [0.29, 0.717) is 22.9 Å². The van der Waals surface area contributed by atoms with Crippen LogP contribution in [0.5, 0.6) is 11.5 Å². The van der Waals surface area contributed by atoms with Gasteiger partial charge < -0.3 is 10.1 Å². The number of carbonyl (C=O) groups is 1. The van der Waals surface area contributed by atoms with Crippen LogP contribution in [0, 0.1) is 11.6 Å². The van der Waals surface area contributed by atoms with Gasteiger partial charge in [-0.05, 0) is 30.3 Å². The molecule has 42 heavy (non-hydrogen) atoms. The van der Waals surface area contributed by atoms with E-state index in [1.165, 1.54) is 24.4 Å². The predicted molar refractivity (Wildman–Crippen MR) is 155 cm³/mol. The van der Waals surface area contributed by atoms with Crippen LogP contribution in [0.25, 0.3) is 28.2 Å². The van der Waals surface area contributed by atoms with E-state index in [2.05, 4.69) is 25.8 Å². The molecule has 6 aromatic rings. The largest absolute Gasteiger partial charge is 0.454 e. The molecule has 0 unspecified atom stereocenters. The Bertz CT molecular complexity index is 1870. The maximum Gasteiger partial charge on any atom is 0.324 e. The minimum Gasteiger partial charge on any atom is -0.454 e. The summed E-state index contributed by atoms with van der Waals surface area (Å²) in [5, 5.41) is 13.8. The molecule has 0 atom stereocenters. The van der Waals surface area contributed by atoms with Gasteiger partial charge in [-0.3, -0.25) is 15.0 Å². The zero-order chi connectivity index (χ0) is 29.1. The maximum absolute atomic E-state index is 15.0. The summed E-state index contributed by atoms with van der Waals surface area (Å²) in [6.07, 6.45) is 4.90. The summed E-state index contributed by atoms with van der Waals surface area (Å²) in [6.45, 7) is 0. The third-order valence-corrected chi connectivity index (χ3v) is 6.28. The van der Waals surface area contributed by atoms with Crippen molar-refractivity contribution in [1.82, 2.24) is 24.5 Å². The number of rotatable bonds is 7. The standard InChI is InChI=1S/C31H23F2N7O2/c1-39-19-21(18-35-39)25-16-23(14-15-34-25)42-27-13-12-24(29(32)30(27)33)36-31(41)37-28-17-26(20-8-4-2-5-9-20)38-40(28)22-10-6-3-7-11-22/h2-19H,1H3,(H2,36,37,41). The van der Waals surface area contributed by atoms with Crippen molar-refractivity contribution in [2.75, 3.05) is 10.6 Å². The van der Waals surface area contributed by atoms with E-state index in [1.807, 2.05) is 60.7 Å². The van der Waals surface area contributed by atoms with Crippen molar-refractivity contribution < 1.29 is 18.3 Å². The van der Waals surface area contributed by atoms with Crippen molar-refractivity contribution in [3.05, 3.63) is 121 Å². The normalized spacial score (nSPS) is 10.8. The quantitative estimate of drug-likeness (QED) is 0.217. The van der Waals surface area contributed by atoms with E-state index in [-0.39, 0.29) is 17.2 Å². The molecule has 9 nitrogen and oxygen atoms in total. The van der Waals surface area contributed by atoms with Crippen LogP contribution in [0.3, 0.4) is 0 Å². The molecule has 0 fully saturated rings. The number of hydrogen-bond acceptors (Lipinski definition) is 5. The van der Waals surface area contributed by atoms with Crippen LogP contribution in [-0.4, -0.2) is 30.6 Å². The molecule has 11 heteroatoms. The van der Waals surface area contributed by atoms with Gasteiger partial charge >= 0.3 is 6.03 Å². The second-order valence-electron chi connectivity index (χ2n) is 9.23. The average molecular weight is 564 g/mol. The first-order chi connectivity index (χ1) is 20.4. The van der Waals surface area contributed by atoms with Gasteiger partial charge in [0.05, 0.1) is 29.0 Å². The lowest BCUT2D eigenvalue weighted by Gasteiger charge is -2.13. The Morgan fingerprint density at radius 1 is 0.833 bits per heavy atom. The van der Waals surface area contributed by atoms with Crippen molar-refractivity contribution in [3.63, 3.8) is 0 Å². The van der Waals surface area contributed by atoms with Crippen LogP contribution in [0.1, 0.15) is 0 Å². The number of amides is 2. The first-order valence-corrected chi connectivity index (χ1v) is 12.8. The molecule has 2 amide bonds. The summed E-state index contributed by atoms with van der Waals surface area (Å²) in [5.74, 6) is -2.29. The number of aromatic nitrogens is 5. The maximum atomic E-state index is 15.0. The van der Waals surface area contributed by atoms with Crippen LogP contribution in [0.4, 0.5) is 25.1 Å². The fraction of sp³-hybridized carbons (Fsp3) is 0.0323. The number of nitrogens with zero attached hydrogens (tertiary/aromatic N) is 5. The Labute approximate surface area is 239 Å². The Kier molecular flexibility index (Phi) is 7.12. The summed E-state index contributed by atoms with van der Waals surface area (Å²) < 4.78 is 38.8. The predicted octanol–water partition coefficient (Wildman–Crippen LogP) is 7.05. The molecule has 0 aliphatic rings. The van der Waals surface area contributed by atoms with Crippen LogP contribution in [-0.2, 0) is 7.05 Å². The lowest BCUT2D eigenvalue weighted by molar-refractivity contribution is 0.262. The molecule has 3 aromatic carbocycles. The number of benzene rings is 3. The van der Waals surface area contributed by atoms with Gasteiger partial charge in [-0.2, -0.15) is 14.6 Å². The minimum absolute atomic E-state index is 0.254.